The van der Waals surface area contributed by atoms with Crippen molar-refractivity contribution in [3.63, 3.8) is 0 Å². The van der Waals surface area contributed by atoms with E-state index < -0.39 is 0 Å². The Bertz CT molecular complexity index is 319. The van der Waals surface area contributed by atoms with Gasteiger partial charge in [-0.3, -0.25) is 4.98 Å². The van der Waals surface area contributed by atoms with Crippen LogP contribution in [0.25, 0.3) is 0 Å². The largest absolute Gasteiger partial charge is 0.491 e. The molecular weight excluding hydrogens is 232 g/mol. The van der Waals surface area contributed by atoms with Gasteiger partial charge in [-0.15, -0.1) is 0 Å². The zero-order valence-electron chi connectivity index (χ0n) is 11.1. The molecule has 4 heteroatoms. The number of hydrogen-bond acceptors (Lipinski definition) is 4. The van der Waals surface area contributed by atoms with Gasteiger partial charge in [0.05, 0.1) is 18.5 Å². The van der Waals surface area contributed by atoms with Crippen molar-refractivity contribution in [1.29, 1.82) is 0 Å². The van der Waals surface area contributed by atoms with E-state index in [1.54, 1.807) is 18.0 Å². The number of hydrogen-bond donors (Lipinski definition) is 1. The lowest BCUT2D eigenvalue weighted by atomic mass is 10.1. The molecule has 0 spiro atoms. The molecule has 0 atom stereocenters. The molecule has 96 valence electrons. The first-order chi connectivity index (χ1) is 8.01. The van der Waals surface area contributed by atoms with Crippen molar-refractivity contribution in [3.05, 3.63) is 24.0 Å². The molecule has 17 heavy (non-hydrogen) atoms. The Morgan fingerprint density at radius 2 is 2.12 bits per heavy atom. The molecule has 1 rings (SSSR count). The maximum absolute atomic E-state index is 5.54. The summed E-state index contributed by atoms with van der Waals surface area (Å²) in [5.41, 5.74) is 1.16. The van der Waals surface area contributed by atoms with Gasteiger partial charge in [-0.2, -0.15) is 11.8 Å². The van der Waals surface area contributed by atoms with Crippen LogP contribution in [0.15, 0.2) is 18.3 Å². The molecule has 1 aromatic heterocycles. The van der Waals surface area contributed by atoms with E-state index in [0.717, 1.165) is 30.3 Å². The number of nitrogens with zero attached hydrogens (tertiary/aromatic N) is 1. The van der Waals surface area contributed by atoms with Gasteiger partial charge in [-0.25, -0.2) is 0 Å². The van der Waals surface area contributed by atoms with Crippen LogP contribution in [0.1, 0.15) is 26.5 Å². The van der Waals surface area contributed by atoms with Crippen molar-refractivity contribution in [2.45, 2.75) is 32.9 Å². The molecular formula is C13H22N2OS. The molecule has 0 aromatic carbocycles. The molecule has 0 saturated heterocycles. The highest BCUT2D eigenvalue weighted by molar-refractivity contribution is 7.98. The number of nitrogens with one attached hydrogen (secondary N) is 1. The topological polar surface area (TPSA) is 34.1 Å². The average Bonchev–Trinajstić information content (AvgIpc) is 2.27. The number of pyridine rings is 1. The summed E-state index contributed by atoms with van der Waals surface area (Å²) in [6.07, 6.45) is 3.86. The Hall–Kier alpha value is -0.740. The minimum Gasteiger partial charge on any atom is -0.491 e. The predicted octanol–water partition coefficient (Wildman–Crippen LogP) is 2.71. The van der Waals surface area contributed by atoms with Crippen LogP contribution in [-0.4, -0.2) is 29.1 Å². The summed E-state index contributed by atoms with van der Waals surface area (Å²) in [5.74, 6) is 1.85. The van der Waals surface area contributed by atoms with E-state index >= 15 is 0 Å². The van der Waals surface area contributed by atoms with Crippen molar-refractivity contribution >= 4 is 11.8 Å². The number of aromatic nitrogens is 1. The minimum atomic E-state index is 0.120. The summed E-state index contributed by atoms with van der Waals surface area (Å²) >= 11 is 1.78. The fraction of sp³-hybridized carbons (Fsp3) is 0.615. The summed E-state index contributed by atoms with van der Waals surface area (Å²) in [6, 6.07) is 3.99. The van der Waals surface area contributed by atoms with Crippen LogP contribution in [0.5, 0.6) is 5.75 Å². The van der Waals surface area contributed by atoms with Gasteiger partial charge in [0, 0.05) is 17.8 Å². The standard InChI is InChI=1S/C13H22N2OS/c1-13(2,3)15-9-11-5-6-12(10-14-11)16-7-8-17-4/h5-6,10,15H,7-9H2,1-4H3. The Labute approximate surface area is 108 Å². The fourth-order valence-electron chi connectivity index (χ4n) is 1.20. The molecule has 0 fully saturated rings. The third-order valence-electron chi connectivity index (χ3n) is 2.15. The van der Waals surface area contributed by atoms with Crippen molar-refractivity contribution < 1.29 is 4.74 Å². The predicted molar refractivity (Wildman–Crippen MR) is 74.7 cm³/mol. The smallest absolute Gasteiger partial charge is 0.137 e. The Kier molecular flexibility index (Phi) is 5.78. The van der Waals surface area contributed by atoms with E-state index in [1.165, 1.54) is 0 Å². The first kappa shape index (κ1) is 14.3. The summed E-state index contributed by atoms with van der Waals surface area (Å²) in [5, 5.41) is 3.40. The third kappa shape index (κ3) is 6.54. The molecule has 0 aliphatic heterocycles. The zero-order chi connectivity index (χ0) is 12.7. The number of thioether (sulfide) groups is 1. The fourth-order valence-corrected chi connectivity index (χ4v) is 1.45. The monoisotopic (exact) mass is 254 g/mol. The lowest BCUT2D eigenvalue weighted by Gasteiger charge is -2.20. The Balaban J connectivity index is 2.39. The lowest BCUT2D eigenvalue weighted by molar-refractivity contribution is 0.342. The highest BCUT2D eigenvalue weighted by Gasteiger charge is 2.08. The van der Waals surface area contributed by atoms with Gasteiger partial charge in [0.25, 0.3) is 0 Å². The Morgan fingerprint density at radius 1 is 1.35 bits per heavy atom. The average molecular weight is 254 g/mol. The second kappa shape index (κ2) is 6.87. The molecule has 1 heterocycles. The van der Waals surface area contributed by atoms with Crippen LogP contribution in [0, 0.1) is 0 Å². The zero-order valence-corrected chi connectivity index (χ0v) is 11.9. The van der Waals surface area contributed by atoms with Gasteiger partial charge in [-0.05, 0) is 39.2 Å². The first-order valence-electron chi connectivity index (χ1n) is 5.83. The normalized spacial score (nSPS) is 11.5. The van der Waals surface area contributed by atoms with Gasteiger partial charge in [0.15, 0.2) is 0 Å². The van der Waals surface area contributed by atoms with Gasteiger partial charge >= 0.3 is 0 Å². The molecule has 0 saturated carbocycles. The van der Waals surface area contributed by atoms with Crippen molar-refractivity contribution in [2.75, 3.05) is 18.6 Å². The van der Waals surface area contributed by atoms with E-state index in [4.69, 9.17) is 4.74 Å². The van der Waals surface area contributed by atoms with Crippen LogP contribution in [-0.2, 0) is 6.54 Å². The van der Waals surface area contributed by atoms with E-state index in [1.807, 2.05) is 12.1 Å². The van der Waals surface area contributed by atoms with Crippen molar-refractivity contribution in [2.24, 2.45) is 0 Å². The van der Waals surface area contributed by atoms with E-state index in [2.05, 4.69) is 37.3 Å². The van der Waals surface area contributed by atoms with E-state index in [0.29, 0.717) is 0 Å². The second-order valence-electron chi connectivity index (χ2n) is 4.93. The van der Waals surface area contributed by atoms with Crippen LogP contribution >= 0.6 is 11.8 Å². The Morgan fingerprint density at radius 3 is 2.65 bits per heavy atom. The molecule has 1 N–H and O–H groups in total. The van der Waals surface area contributed by atoms with Crippen molar-refractivity contribution in [3.8, 4) is 5.75 Å². The van der Waals surface area contributed by atoms with Crippen molar-refractivity contribution in [1.82, 2.24) is 10.3 Å². The SMILES string of the molecule is CSCCOc1ccc(CNC(C)(C)C)nc1. The van der Waals surface area contributed by atoms with Crippen LogP contribution in [0.2, 0.25) is 0 Å². The molecule has 3 nitrogen and oxygen atoms in total. The van der Waals surface area contributed by atoms with Gasteiger partial charge < -0.3 is 10.1 Å². The number of rotatable bonds is 6. The van der Waals surface area contributed by atoms with Gasteiger partial charge in [-0.1, -0.05) is 0 Å². The summed E-state index contributed by atoms with van der Waals surface area (Å²) in [7, 11) is 0. The molecule has 0 aliphatic rings. The van der Waals surface area contributed by atoms with E-state index in [-0.39, 0.29) is 5.54 Å². The van der Waals surface area contributed by atoms with E-state index in [9.17, 15) is 0 Å². The van der Waals surface area contributed by atoms with Crippen LogP contribution in [0.3, 0.4) is 0 Å². The van der Waals surface area contributed by atoms with Gasteiger partial charge in [0.1, 0.15) is 5.75 Å². The molecule has 0 aliphatic carbocycles. The maximum Gasteiger partial charge on any atom is 0.137 e. The summed E-state index contributed by atoms with van der Waals surface area (Å²) in [6.45, 7) is 7.96. The summed E-state index contributed by atoms with van der Waals surface area (Å²) in [4.78, 5) is 4.37. The quantitative estimate of drug-likeness (QED) is 0.792. The highest BCUT2D eigenvalue weighted by atomic mass is 32.2. The first-order valence-corrected chi connectivity index (χ1v) is 7.22. The van der Waals surface area contributed by atoms with Gasteiger partial charge in [0.2, 0.25) is 0 Å². The number of ether oxygens (including phenoxy) is 1. The van der Waals surface area contributed by atoms with Crippen LogP contribution < -0.4 is 10.1 Å². The lowest BCUT2D eigenvalue weighted by Crippen LogP contribution is -2.35. The minimum absolute atomic E-state index is 0.120. The third-order valence-corrected chi connectivity index (χ3v) is 2.73. The maximum atomic E-state index is 5.54. The highest BCUT2D eigenvalue weighted by Crippen LogP contribution is 2.10. The molecule has 0 radical (unpaired) electrons. The second-order valence-corrected chi connectivity index (χ2v) is 5.92. The molecule has 0 unspecified atom stereocenters. The molecule has 1 aromatic rings. The van der Waals surface area contributed by atoms with Crippen LogP contribution in [0.4, 0.5) is 0 Å². The molecule has 0 amide bonds. The summed E-state index contributed by atoms with van der Waals surface area (Å²) < 4.78 is 5.54. The molecule has 0 bridgehead atoms.